The van der Waals surface area contributed by atoms with Crippen molar-refractivity contribution >= 4 is 5.91 Å². The highest BCUT2D eigenvalue weighted by atomic mass is 16.3. The van der Waals surface area contributed by atoms with Crippen molar-refractivity contribution in [3.8, 4) is 0 Å². The molecule has 0 aliphatic rings. The van der Waals surface area contributed by atoms with Gasteiger partial charge in [-0.3, -0.25) is 4.79 Å². The summed E-state index contributed by atoms with van der Waals surface area (Å²) in [6.07, 6.45) is 67.2. The molecular weight excluding hydrogens is 751 g/mol. The maximum atomic E-state index is 12.5. The van der Waals surface area contributed by atoms with Crippen molar-refractivity contribution in [2.24, 2.45) is 0 Å². The molecule has 0 aliphatic carbocycles. The average molecular weight is 856 g/mol. The quantitative estimate of drug-likeness (QED) is 0.0362. The maximum absolute atomic E-state index is 12.5. The molecule has 61 heavy (non-hydrogen) atoms. The highest BCUT2D eigenvalue weighted by molar-refractivity contribution is 5.76. The SMILES string of the molecule is CCCCCCCCCCCCCC/C=C\CCCCCCCCCCC(O)CC(=O)NC(CO)C(O)/C=C/CC/C=C/CC/C=C/CCCCCCCCCCCCCC. The number of amides is 1. The van der Waals surface area contributed by atoms with Crippen molar-refractivity contribution in [1.29, 1.82) is 0 Å². The highest BCUT2D eigenvalue weighted by Crippen LogP contribution is 2.16. The number of carbonyl (C=O) groups is 1. The standard InChI is InChI=1S/C56H105NO4/c1-3-5-7-9-11-13-15-17-19-21-23-25-27-28-29-31-33-35-37-39-41-43-45-47-49-53(59)51-56(61)57-54(52-58)55(60)50-48-46-44-42-40-38-36-34-32-30-26-24-22-20-18-16-14-12-10-8-6-4-2/h28-29,32,34,40,42,48,50,53-55,58-60H,3-27,30-31,33,35-39,41,43-47,49,51-52H2,1-2H3,(H,57,61)/b29-28-,34-32+,42-40+,50-48+. The minimum atomic E-state index is -0.962. The summed E-state index contributed by atoms with van der Waals surface area (Å²) in [6, 6.07) is -0.770. The van der Waals surface area contributed by atoms with Crippen LogP contribution in [0.2, 0.25) is 0 Å². The molecule has 3 unspecified atom stereocenters. The van der Waals surface area contributed by atoms with Crippen molar-refractivity contribution in [2.75, 3.05) is 6.61 Å². The zero-order valence-electron chi connectivity index (χ0n) is 40.8. The van der Waals surface area contributed by atoms with Gasteiger partial charge in [0.05, 0.1) is 31.3 Å². The van der Waals surface area contributed by atoms with Gasteiger partial charge >= 0.3 is 0 Å². The minimum Gasteiger partial charge on any atom is -0.394 e. The lowest BCUT2D eigenvalue weighted by Crippen LogP contribution is -2.45. The first-order chi connectivity index (χ1) is 30.0. The molecule has 358 valence electrons. The second-order valence-corrected chi connectivity index (χ2v) is 18.5. The van der Waals surface area contributed by atoms with Crippen molar-refractivity contribution in [1.82, 2.24) is 5.32 Å². The van der Waals surface area contributed by atoms with Gasteiger partial charge in [-0.2, -0.15) is 0 Å². The maximum Gasteiger partial charge on any atom is 0.222 e. The van der Waals surface area contributed by atoms with E-state index < -0.39 is 18.2 Å². The van der Waals surface area contributed by atoms with Crippen LogP contribution < -0.4 is 5.32 Å². The summed E-state index contributed by atoms with van der Waals surface area (Å²) < 4.78 is 0. The Labute approximate surface area is 380 Å². The Kier molecular flexibility index (Phi) is 49.5. The topological polar surface area (TPSA) is 89.8 Å². The lowest BCUT2D eigenvalue weighted by molar-refractivity contribution is -0.124. The van der Waals surface area contributed by atoms with Gasteiger partial charge in [-0.1, -0.05) is 249 Å². The Balaban J connectivity index is 3.66. The number of unbranched alkanes of at least 4 members (excludes halogenated alkanes) is 34. The normalized spacial score (nSPS) is 13.7. The first kappa shape index (κ1) is 59.3. The molecule has 0 aromatic heterocycles. The molecule has 4 N–H and O–H groups in total. The van der Waals surface area contributed by atoms with E-state index in [9.17, 15) is 20.1 Å². The van der Waals surface area contributed by atoms with Gasteiger partial charge in [-0.05, 0) is 70.6 Å². The molecule has 0 rings (SSSR count). The lowest BCUT2D eigenvalue weighted by atomic mass is 10.0. The van der Waals surface area contributed by atoms with Gasteiger partial charge in [0.25, 0.3) is 0 Å². The summed E-state index contributed by atoms with van der Waals surface area (Å²) in [4.78, 5) is 12.5. The van der Waals surface area contributed by atoms with Crippen LogP contribution in [0.1, 0.15) is 277 Å². The number of rotatable bonds is 49. The predicted molar refractivity (Wildman–Crippen MR) is 268 cm³/mol. The van der Waals surface area contributed by atoms with Gasteiger partial charge in [0.15, 0.2) is 0 Å². The Morgan fingerprint density at radius 3 is 1.05 bits per heavy atom. The molecule has 0 saturated heterocycles. The van der Waals surface area contributed by atoms with E-state index in [1.165, 1.54) is 212 Å². The van der Waals surface area contributed by atoms with Gasteiger partial charge in [0, 0.05) is 0 Å². The van der Waals surface area contributed by atoms with Gasteiger partial charge in [0.1, 0.15) is 0 Å². The van der Waals surface area contributed by atoms with Crippen LogP contribution in [0, 0.1) is 0 Å². The van der Waals surface area contributed by atoms with Crippen LogP contribution in [-0.4, -0.2) is 46.1 Å². The van der Waals surface area contributed by atoms with Crippen LogP contribution in [-0.2, 0) is 4.79 Å². The third-order valence-electron chi connectivity index (χ3n) is 12.3. The van der Waals surface area contributed by atoms with Gasteiger partial charge in [-0.15, -0.1) is 0 Å². The van der Waals surface area contributed by atoms with Crippen LogP contribution >= 0.6 is 0 Å². The van der Waals surface area contributed by atoms with Crippen LogP contribution in [0.3, 0.4) is 0 Å². The van der Waals surface area contributed by atoms with Gasteiger partial charge < -0.3 is 20.6 Å². The minimum absolute atomic E-state index is 0.000121. The number of aliphatic hydroxyl groups excluding tert-OH is 3. The number of nitrogens with one attached hydrogen (secondary N) is 1. The monoisotopic (exact) mass is 856 g/mol. The summed E-state index contributed by atoms with van der Waals surface area (Å²) in [6.45, 7) is 4.22. The largest absolute Gasteiger partial charge is 0.394 e. The third-order valence-corrected chi connectivity index (χ3v) is 12.3. The highest BCUT2D eigenvalue weighted by Gasteiger charge is 2.20. The predicted octanol–water partition coefficient (Wildman–Crippen LogP) is 16.4. The summed E-state index contributed by atoms with van der Waals surface area (Å²) in [5, 5.41) is 33.4. The van der Waals surface area contributed by atoms with E-state index in [0.717, 1.165) is 38.5 Å². The number of hydrogen-bond acceptors (Lipinski definition) is 4. The Morgan fingerprint density at radius 1 is 0.410 bits per heavy atom. The van der Waals surface area contributed by atoms with Gasteiger partial charge in [0.2, 0.25) is 5.91 Å². The fourth-order valence-corrected chi connectivity index (χ4v) is 8.19. The summed E-state index contributed by atoms with van der Waals surface area (Å²) in [5.41, 5.74) is 0. The van der Waals surface area contributed by atoms with Crippen molar-refractivity contribution in [2.45, 2.75) is 295 Å². The first-order valence-corrected chi connectivity index (χ1v) is 26.9. The molecule has 0 saturated carbocycles. The van der Waals surface area contributed by atoms with Crippen LogP contribution in [0.5, 0.6) is 0 Å². The van der Waals surface area contributed by atoms with E-state index in [-0.39, 0.29) is 18.9 Å². The number of allylic oxidation sites excluding steroid dienone is 7. The molecule has 0 aromatic rings. The molecule has 5 nitrogen and oxygen atoms in total. The Bertz CT molecular complexity index is 989. The Morgan fingerprint density at radius 2 is 0.705 bits per heavy atom. The van der Waals surface area contributed by atoms with Crippen molar-refractivity contribution < 1.29 is 20.1 Å². The van der Waals surface area contributed by atoms with E-state index in [4.69, 9.17) is 0 Å². The molecule has 0 aromatic carbocycles. The molecule has 1 amide bonds. The molecule has 0 bridgehead atoms. The second kappa shape index (κ2) is 50.9. The zero-order valence-corrected chi connectivity index (χ0v) is 40.8. The van der Waals surface area contributed by atoms with Crippen molar-refractivity contribution in [3.63, 3.8) is 0 Å². The van der Waals surface area contributed by atoms with Gasteiger partial charge in [-0.25, -0.2) is 0 Å². The van der Waals surface area contributed by atoms with E-state index in [2.05, 4.69) is 55.6 Å². The number of carbonyl (C=O) groups excluding carboxylic acids is 1. The summed E-state index contributed by atoms with van der Waals surface area (Å²) in [7, 11) is 0. The molecule has 0 radical (unpaired) electrons. The summed E-state index contributed by atoms with van der Waals surface area (Å²) >= 11 is 0. The molecule has 3 atom stereocenters. The molecule has 0 fully saturated rings. The van der Waals surface area contributed by atoms with Crippen LogP contribution in [0.15, 0.2) is 48.6 Å². The smallest absolute Gasteiger partial charge is 0.222 e. The lowest BCUT2D eigenvalue weighted by Gasteiger charge is -2.21. The summed E-state index contributed by atoms with van der Waals surface area (Å²) in [5.74, 6) is -0.329. The van der Waals surface area contributed by atoms with E-state index >= 15 is 0 Å². The number of hydrogen-bond donors (Lipinski definition) is 4. The van der Waals surface area contributed by atoms with E-state index in [1.54, 1.807) is 6.08 Å². The van der Waals surface area contributed by atoms with Crippen LogP contribution in [0.25, 0.3) is 0 Å². The van der Waals surface area contributed by atoms with E-state index in [1.807, 2.05) is 6.08 Å². The second-order valence-electron chi connectivity index (χ2n) is 18.5. The average Bonchev–Trinajstić information content (AvgIpc) is 3.25. The number of aliphatic hydroxyl groups is 3. The van der Waals surface area contributed by atoms with Crippen molar-refractivity contribution in [3.05, 3.63) is 48.6 Å². The molecule has 5 heteroatoms. The first-order valence-electron chi connectivity index (χ1n) is 26.9. The van der Waals surface area contributed by atoms with E-state index in [0.29, 0.717) is 6.42 Å². The fraction of sp³-hybridized carbons (Fsp3) is 0.839. The molecule has 0 heterocycles. The zero-order chi connectivity index (χ0) is 44.4. The molecule has 0 aliphatic heterocycles. The molecule has 0 spiro atoms. The molecular formula is C56H105NO4. The fourth-order valence-electron chi connectivity index (χ4n) is 8.19. The Hall–Kier alpha value is -1.69. The van der Waals surface area contributed by atoms with Crippen LogP contribution in [0.4, 0.5) is 0 Å². The third kappa shape index (κ3) is 47.6.